The highest BCUT2D eigenvalue weighted by Gasteiger charge is 2.34. The molecule has 4 nitrogen and oxygen atoms in total. The van der Waals surface area contributed by atoms with Crippen LogP contribution < -0.4 is 11.1 Å². The first-order chi connectivity index (χ1) is 7.49. The molecular formula is C12H20N4. The molecule has 3 N–H and O–H groups in total. The zero-order valence-corrected chi connectivity index (χ0v) is 10.2. The van der Waals surface area contributed by atoms with Crippen LogP contribution >= 0.6 is 0 Å². The first-order valence-electron chi connectivity index (χ1n) is 5.85. The molecule has 2 rings (SSSR count). The van der Waals surface area contributed by atoms with E-state index in [1.807, 2.05) is 6.92 Å². The largest absolute Gasteiger partial charge is 0.368 e. The fourth-order valence-electron chi connectivity index (χ4n) is 2.36. The third-order valence-corrected chi connectivity index (χ3v) is 3.56. The summed E-state index contributed by atoms with van der Waals surface area (Å²) < 4.78 is 0. The van der Waals surface area contributed by atoms with Crippen LogP contribution in [0.25, 0.3) is 0 Å². The maximum absolute atomic E-state index is 5.61. The summed E-state index contributed by atoms with van der Waals surface area (Å²) >= 11 is 0. The van der Waals surface area contributed by atoms with Crippen molar-refractivity contribution in [3.8, 4) is 0 Å². The first kappa shape index (κ1) is 11.2. The molecule has 1 saturated carbocycles. The summed E-state index contributed by atoms with van der Waals surface area (Å²) in [4.78, 5) is 8.23. The summed E-state index contributed by atoms with van der Waals surface area (Å²) in [5.41, 5.74) is 7.00. The van der Waals surface area contributed by atoms with E-state index in [9.17, 15) is 0 Å². The Labute approximate surface area is 96.7 Å². The molecule has 0 spiro atoms. The molecule has 1 aliphatic carbocycles. The molecule has 0 aromatic carbocycles. The second kappa shape index (κ2) is 3.92. The van der Waals surface area contributed by atoms with Crippen LogP contribution in [0.4, 0.5) is 11.8 Å². The Morgan fingerprint density at radius 2 is 2.25 bits per heavy atom. The third kappa shape index (κ3) is 2.10. The number of nitrogens with one attached hydrogen (secondary N) is 1. The summed E-state index contributed by atoms with van der Waals surface area (Å²) in [5, 5.41) is 3.51. The molecule has 0 bridgehead atoms. The maximum atomic E-state index is 5.61. The molecule has 0 saturated heterocycles. The SMILES string of the molecule is Cc1cnc(N)nc1NC1CCCC1(C)C. The van der Waals surface area contributed by atoms with E-state index in [-0.39, 0.29) is 0 Å². The van der Waals surface area contributed by atoms with Gasteiger partial charge >= 0.3 is 0 Å². The van der Waals surface area contributed by atoms with Crippen molar-refractivity contribution in [3.05, 3.63) is 11.8 Å². The molecule has 88 valence electrons. The molecular weight excluding hydrogens is 200 g/mol. The number of aromatic nitrogens is 2. The van der Waals surface area contributed by atoms with Crippen molar-refractivity contribution >= 4 is 11.8 Å². The topological polar surface area (TPSA) is 63.8 Å². The van der Waals surface area contributed by atoms with Gasteiger partial charge < -0.3 is 11.1 Å². The van der Waals surface area contributed by atoms with E-state index in [0.29, 0.717) is 17.4 Å². The van der Waals surface area contributed by atoms with Crippen LogP contribution in [0.1, 0.15) is 38.7 Å². The maximum Gasteiger partial charge on any atom is 0.221 e. The van der Waals surface area contributed by atoms with Gasteiger partial charge in [-0.05, 0) is 25.2 Å². The minimum absolute atomic E-state index is 0.337. The third-order valence-electron chi connectivity index (χ3n) is 3.56. The number of anilines is 2. The summed E-state index contributed by atoms with van der Waals surface area (Å²) in [6.45, 7) is 6.61. The smallest absolute Gasteiger partial charge is 0.221 e. The summed E-state index contributed by atoms with van der Waals surface area (Å²) in [7, 11) is 0. The van der Waals surface area contributed by atoms with Gasteiger partial charge in [0.2, 0.25) is 5.95 Å². The van der Waals surface area contributed by atoms with Crippen molar-refractivity contribution in [1.29, 1.82) is 0 Å². The van der Waals surface area contributed by atoms with Crippen LogP contribution in [0.2, 0.25) is 0 Å². The number of nitrogens with zero attached hydrogens (tertiary/aromatic N) is 2. The summed E-state index contributed by atoms with van der Waals surface area (Å²) in [6, 6.07) is 0.487. The van der Waals surface area contributed by atoms with Gasteiger partial charge in [-0.3, -0.25) is 0 Å². The Kier molecular flexibility index (Phi) is 2.74. The molecule has 1 aromatic heterocycles. The van der Waals surface area contributed by atoms with Crippen LogP contribution in [0.3, 0.4) is 0 Å². The Morgan fingerprint density at radius 3 is 2.88 bits per heavy atom. The van der Waals surface area contributed by atoms with Gasteiger partial charge in [0.25, 0.3) is 0 Å². The van der Waals surface area contributed by atoms with Crippen molar-refractivity contribution in [1.82, 2.24) is 9.97 Å². The zero-order valence-electron chi connectivity index (χ0n) is 10.2. The quantitative estimate of drug-likeness (QED) is 0.803. The lowest BCUT2D eigenvalue weighted by molar-refractivity contribution is 0.349. The van der Waals surface area contributed by atoms with E-state index >= 15 is 0 Å². The average molecular weight is 220 g/mol. The molecule has 1 unspecified atom stereocenters. The van der Waals surface area contributed by atoms with Gasteiger partial charge in [0, 0.05) is 17.8 Å². The minimum atomic E-state index is 0.337. The van der Waals surface area contributed by atoms with Gasteiger partial charge in [-0.15, -0.1) is 0 Å². The van der Waals surface area contributed by atoms with Crippen LogP contribution in [0.15, 0.2) is 6.20 Å². The average Bonchev–Trinajstić information content (AvgIpc) is 2.52. The van der Waals surface area contributed by atoms with Gasteiger partial charge in [0.1, 0.15) is 5.82 Å². The Balaban J connectivity index is 2.17. The minimum Gasteiger partial charge on any atom is -0.368 e. The van der Waals surface area contributed by atoms with Gasteiger partial charge in [-0.2, -0.15) is 4.98 Å². The van der Waals surface area contributed by atoms with Crippen molar-refractivity contribution in [2.75, 3.05) is 11.1 Å². The molecule has 16 heavy (non-hydrogen) atoms. The molecule has 1 atom stereocenters. The molecule has 1 aliphatic rings. The van der Waals surface area contributed by atoms with Crippen LogP contribution in [-0.4, -0.2) is 16.0 Å². The normalized spacial score (nSPS) is 23.3. The summed E-state index contributed by atoms with van der Waals surface area (Å²) in [6.07, 6.45) is 5.53. The van der Waals surface area contributed by atoms with Gasteiger partial charge in [-0.25, -0.2) is 4.98 Å². The monoisotopic (exact) mass is 220 g/mol. The highest BCUT2D eigenvalue weighted by molar-refractivity contribution is 5.46. The molecule has 0 radical (unpaired) electrons. The van der Waals surface area contributed by atoms with E-state index in [1.54, 1.807) is 6.20 Å². The lowest BCUT2D eigenvalue weighted by Gasteiger charge is -2.28. The molecule has 1 heterocycles. The number of nitrogen functional groups attached to an aromatic ring is 1. The fraction of sp³-hybridized carbons (Fsp3) is 0.667. The Morgan fingerprint density at radius 1 is 1.50 bits per heavy atom. The van der Waals surface area contributed by atoms with Crippen LogP contribution in [0.5, 0.6) is 0 Å². The highest BCUT2D eigenvalue weighted by Crippen LogP contribution is 2.39. The molecule has 1 fully saturated rings. The Hall–Kier alpha value is -1.32. The number of hydrogen-bond donors (Lipinski definition) is 2. The number of hydrogen-bond acceptors (Lipinski definition) is 4. The van der Waals surface area contributed by atoms with Crippen molar-refractivity contribution in [2.24, 2.45) is 5.41 Å². The standard InChI is InChI=1S/C12H20N4/c1-8-7-14-11(13)16-10(8)15-9-5-4-6-12(9,2)3/h7,9H,4-6H2,1-3H3,(H3,13,14,15,16). The van der Waals surface area contributed by atoms with Crippen molar-refractivity contribution in [3.63, 3.8) is 0 Å². The molecule has 4 heteroatoms. The number of rotatable bonds is 2. The predicted molar refractivity (Wildman–Crippen MR) is 66.2 cm³/mol. The second-order valence-corrected chi connectivity index (χ2v) is 5.34. The first-order valence-corrected chi connectivity index (χ1v) is 5.85. The second-order valence-electron chi connectivity index (χ2n) is 5.34. The van der Waals surface area contributed by atoms with Gasteiger partial charge in [0.05, 0.1) is 0 Å². The molecule has 0 amide bonds. The molecule has 0 aliphatic heterocycles. The fourth-order valence-corrected chi connectivity index (χ4v) is 2.36. The molecule has 1 aromatic rings. The van der Waals surface area contributed by atoms with Gasteiger partial charge in [-0.1, -0.05) is 20.3 Å². The lowest BCUT2D eigenvalue weighted by Crippen LogP contribution is -2.31. The van der Waals surface area contributed by atoms with E-state index in [1.165, 1.54) is 19.3 Å². The summed E-state index contributed by atoms with van der Waals surface area (Å²) in [5.74, 6) is 1.22. The van der Waals surface area contributed by atoms with E-state index in [2.05, 4.69) is 29.1 Å². The lowest BCUT2D eigenvalue weighted by atomic mass is 9.87. The van der Waals surface area contributed by atoms with E-state index < -0.39 is 0 Å². The van der Waals surface area contributed by atoms with E-state index in [0.717, 1.165) is 11.4 Å². The van der Waals surface area contributed by atoms with Crippen molar-refractivity contribution < 1.29 is 0 Å². The van der Waals surface area contributed by atoms with Gasteiger partial charge in [0.15, 0.2) is 0 Å². The van der Waals surface area contributed by atoms with Crippen LogP contribution in [0, 0.1) is 12.3 Å². The van der Waals surface area contributed by atoms with Crippen LogP contribution in [-0.2, 0) is 0 Å². The van der Waals surface area contributed by atoms with E-state index in [4.69, 9.17) is 5.73 Å². The predicted octanol–water partition coefficient (Wildman–Crippen LogP) is 2.36. The Bertz CT molecular complexity index is 387. The number of nitrogens with two attached hydrogens (primary N) is 1. The zero-order chi connectivity index (χ0) is 11.8. The van der Waals surface area contributed by atoms with Crippen molar-refractivity contribution in [2.45, 2.75) is 46.1 Å². The number of aryl methyl sites for hydroxylation is 1. The highest BCUT2D eigenvalue weighted by atomic mass is 15.1.